The van der Waals surface area contributed by atoms with Crippen LogP contribution in [0.25, 0.3) is 0 Å². The zero-order valence-corrected chi connectivity index (χ0v) is 14.1. The molecule has 23 heavy (non-hydrogen) atoms. The number of nitrogens with zero attached hydrogens (tertiary/aromatic N) is 2. The summed E-state index contributed by atoms with van der Waals surface area (Å²) >= 11 is 0. The van der Waals surface area contributed by atoms with Gasteiger partial charge in [-0.15, -0.1) is 0 Å². The average molecular weight is 317 g/mol. The number of hydrogen-bond donors (Lipinski definition) is 1. The van der Waals surface area contributed by atoms with Crippen LogP contribution in [0, 0.1) is 23.0 Å². The van der Waals surface area contributed by atoms with Gasteiger partial charge in [0.25, 0.3) is 5.69 Å². The molecule has 1 aromatic rings. The van der Waals surface area contributed by atoms with Gasteiger partial charge in [0.15, 0.2) is 0 Å². The maximum Gasteiger partial charge on any atom is 0.272 e. The molecular formula is C18H27N3O2. The number of likely N-dealkylation sites (tertiary alicyclic amines) is 1. The van der Waals surface area contributed by atoms with E-state index in [9.17, 15) is 10.1 Å². The molecule has 126 valence electrons. The Morgan fingerprint density at radius 2 is 2.26 bits per heavy atom. The van der Waals surface area contributed by atoms with Crippen LogP contribution >= 0.6 is 0 Å². The van der Waals surface area contributed by atoms with Crippen molar-refractivity contribution in [1.29, 1.82) is 0 Å². The lowest BCUT2D eigenvalue weighted by Crippen LogP contribution is -2.38. The molecule has 1 aromatic carbocycles. The Hall–Kier alpha value is -1.46. The monoisotopic (exact) mass is 317 g/mol. The highest BCUT2D eigenvalue weighted by atomic mass is 16.6. The van der Waals surface area contributed by atoms with Gasteiger partial charge in [-0.25, -0.2) is 0 Å². The van der Waals surface area contributed by atoms with Crippen LogP contribution in [-0.2, 0) is 0 Å². The Balaban J connectivity index is 1.94. The van der Waals surface area contributed by atoms with E-state index in [-0.39, 0.29) is 10.6 Å². The van der Waals surface area contributed by atoms with Crippen molar-refractivity contribution in [2.24, 2.45) is 5.92 Å². The van der Waals surface area contributed by atoms with Crippen molar-refractivity contribution >= 4 is 5.69 Å². The van der Waals surface area contributed by atoms with Crippen molar-refractivity contribution in [1.82, 2.24) is 10.2 Å². The Bertz CT molecular complexity index is 569. The van der Waals surface area contributed by atoms with Crippen LogP contribution in [0.1, 0.15) is 49.8 Å². The van der Waals surface area contributed by atoms with Crippen LogP contribution in [0.3, 0.4) is 0 Å². The predicted molar refractivity (Wildman–Crippen MR) is 91.6 cm³/mol. The normalized spacial score (nSPS) is 26.5. The maximum absolute atomic E-state index is 11.1. The summed E-state index contributed by atoms with van der Waals surface area (Å²) in [5, 5.41) is 14.6. The van der Waals surface area contributed by atoms with Crippen molar-refractivity contribution in [3.8, 4) is 0 Å². The van der Waals surface area contributed by atoms with E-state index in [2.05, 4.69) is 17.1 Å². The lowest BCUT2D eigenvalue weighted by molar-refractivity contribution is -0.385. The number of nitro benzene ring substituents is 1. The summed E-state index contributed by atoms with van der Waals surface area (Å²) in [5.74, 6) is 0.600. The van der Waals surface area contributed by atoms with Crippen LogP contribution in [0.4, 0.5) is 5.69 Å². The summed E-state index contributed by atoms with van der Waals surface area (Å²) in [7, 11) is 0. The lowest BCUT2D eigenvalue weighted by atomic mass is 9.89. The van der Waals surface area contributed by atoms with Gasteiger partial charge >= 0.3 is 0 Å². The fourth-order valence-electron chi connectivity index (χ4n) is 4.41. The predicted octanol–water partition coefficient (Wildman–Crippen LogP) is 3.43. The highest BCUT2D eigenvalue weighted by Crippen LogP contribution is 2.39. The molecule has 0 aromatic heterocycles. The molecule has 0 amide bonds. The number of hydrogen-bond acceptors (Lipinski definition) is 4. The molecule has 1 N–H and O–H groups in total. The minimum Gasteiger partial charge on any atom is -0.316 e. The molecule has 0 bridgehead atoms. The third kappa shape index (κ3) is 3.26. The molecule has 3 atom stereocenters. The molecule has 2 aliphatic heterocycles. The van der Waals surface area contributed by atoms with E-state index in [0.29, 0.717) is 18.0 Å². The van der Waals surface area contributed by atoms with Crippen molar-refractivity contribution in [2.75, 3.05) is 19.6 Å². The molecule has 0 saturated carbocycles. The van der Waals surface area contributed by atoms with Crippen LogP contribution in [0.5, 0.6) is 0 Å². The Morgan fingerprint density at radius 3 is 2.87 bits per heavy atom. The molecule has 0 radical (unpaired) electrons. The van der Waals surface area contributed by atoms with E-state index >= 15 is 0 Å². The highest BCUT2D eigenvalue weighted by molar-refractivity contribution is 5.43. The van der Waals surface area contributed by atoms with E-state index in [0.717, 1.165) is 25.2 Å². The van der Waals surface area contributed by atoms with E-state index in [1.807, 2.05) is 19.1 Å². The van der Waals surface area contributed by atoms with E-state index in [4.69, 9.17) is 0 Å². The van der Waals surface area contributed by atoms with Crippen LogP contribution < -0.4 is 5.32 Å². The van der Waals surface area contributed by atoms with Gasteiger partial charge in [-0.2, -0.15) is 0 Å². The zero-order valence-electron chi connectivity index (χ0n) is 14.1. The summed E-state index contributed by atoms with van der Waals surface area (Å²) in [6.07, 6.45) is 4.91. The SMILES string of the molecule is CCC1CCCN1C(c1ccc([N+](=O)[O-])c(C)c1)C1CCNC1. The van der Waals surface area contributed by atoms with Crippen molar-refractivity contribution < 1.29 is 4.92 Å². The topological polar surface area (TPSA) is 58.4 Å². The molecule has 2 saturated heterocycles. The quantitative estimate of drug-likeness (QED) is 0.668. The average Bonchev–Trinajstić information content (AvgIpc) is 3.19. The molecule has 5 nitrogen and oxygen atoms in total. The number of benzene rings is 1. The summed E-state index contributed by atoms with van der Waals surface area (Å²) in [6, 6.07) is 6.76. The van der Waals surface area contributed by atoms with Crippen molar-refractivity contribution in [3.63, 3.8) is 0 Å². The molecule has 0 aliphatic carbocycles. The van der Waals surface area contributed by atoms with Crippen LogP contribution in [-0.4, -0.2) is 35.5 Å². The molecule has 2 fully saturated rings. The highest BCUT2D eigenvalue weighted by Gasteiger charge is 2.36. The Morgan fingerprint density at radius 1 is 1.43 bits per heavy atom. The molecule has 3 rings (SSSR count). The number of nitro groups is 1. The number of rotatable bonds is 5. The fourth-order valence-corrected chi connectivity index (χ4v) is 4.41. The first-order valence-corrected chi connectivity index (χ1v) is 8.83. The first kappa shape index (κ1) is 16.4. The second-order valence-corrected chi connectivity index (χ2v) is 6.94. The summed E-state index contributed by atoms with van der Waals surface area (Å²) in [5.41, 5.74) is 2.25. The van der Waals surface area contributed by atoms with E-state index in [1.165, 1.54) is 31.2 Å². The van der Waals surface area contributed by atoms with Crippen LogP contribution in [0.2, 0.25) is 0 Å². The first-order chi connectivity index (χ1) is 11.1. The molecule has 5 heteroatoms. The smallest absolute Gasteiger partial charge is 0.272 e. The minimum atomic E-state index is -0.282. The van der Waals surface area contributed by atoms with Gasteiger partial charge in [0.05, 0.1) is 4.92 Å². The van der Waals surface area contributed by atoms with E-state index < -0.39 is 0 Å². The zero-order chi connectivity index (χ0) is 16.4. The van der Waals surface area contributed by atoms with Gasteiger partial charge in [-0.05, 0) is 69.8 Å². The Kier molecular flexibility index (Phi) is 4.97. The minimum absolute atomic E-state index is 0.227. The van der Waals surface area contributed by atoms with Crippen LogP contribution in [0.15, 0.2) is 18.2 Å². The summed E-state index contributed by atoms with van der Waals surface area (Å²) < 4.78 is 0. The maximum atomic E-state index is 11.1. The second-order valence-electron chi connectivity index (χ2n) is 6.94. The number of nitrogens with one attached hydrogen (secondary N) is 1. The fraction of sp³-hybridized carbons (Fsp3) is 0.667. The molecule has 2 heterocycles. The summed E-state index contributed by atoms with van der Waals surface area (Å²) in [6.45, 7) is 7.40. The molecule has 2 aliphatic rings. The van der Waals surface area contributed by atoms with Gasteiger partial charge in [0.1, 0.15) is 0 Å². The second kappa shape index (κ2) is 6.97. The molecule has 3 unspecified atom stereocenters. The Labute approximate surface area is 138 Å². The van der Waals surface area contributed by atoms with Gasteiger partial charge < -0.3 is 5.32 Å². The molecular weight excluding hydrogens is 290 g/mol. The van der Waals surface area contributed by atoms with E-state index in [1.54, 1.807) is 6.07 Å². The van der Waals surface area contributed by atoms with Gasteiger partial charge in [-0.1, -0.05) is 13.0 Å². The third-order valence-corrected chi connectivity index (χ3v) is 5.56. The van der Waals surface area contributed by atoms with Crippen molar-refractivity contribution in [3.05, 3.63) is 39.4 Å². The van der Waals surface area contributed by atoms with Gasteiger partial charge in [0.2, 0.25) is 0 Å². The lowest BCUT2D eigenvalue weighted by Gasteiger charge is -2.37. The van der Waals surface area contributed by atoms with Crippen molar-refractivity contribution in [2.45, 2.75) is 51.6 Å². The van der Waals surface area contributed by atoms with Gasteiger partial charge in [-0.3, -0.25) is 15.0 Å². The standard InChI is InChI=1S/C18H27N3O2/c1-3-16-5-4-10-20(16)18(15-8-9-19-12-15)14-6-7-17(21(22)23)13(2)11-14/h6-7,11,15-16,18-19H,3-5,8-10,12H2,1-2H3. The third-order valence-electron chi connectivity index (χ3n) is 5.56. The summed E-state index contributed by atoms with van der Waals surface area (Å²) in [4.78, 5) is 13.5. The molecule has 0 spiro atoms. The number of aryl methyl sites for hydroxylation is 1. The van der Waals surface area contributed by atoms with Gasteiger partial charge in [0, 0.05) is 23.7 Å². The first-order valence-electron chi connectivity index (χ1n) is 8.83. The largest absolute Gasteiger partial charge is 0.316 e.